The fourth-order valence-electron chi connectivity index (χ4n) is 3.24. The molecule has 0 saturated heterocycles. The highest BCUT2D eigenvalue weighted by atomic mass is 19.1. The zero-order chi connectivity index (χ0) is 17.1. The number of hydrogen-bond acceptors (Lipinski definition) is 4. The number of aldehydes is 1. The number of para-hydroxylation sites is 1. The lowest BCUT2D eigenvalue weighted by molar-refractivity contribution is -0.108. The van der Waals surface area contributed by atoms with E-state index in [1.54, 1.807) is 6.07 Å². The maximum absolute atomic E-state index is 14.1. The number of rotatable bonds is 4. The van der Waals surface area contributed by atoms with Crippen LogP contribution in [-0.2, 0) is 4.79 Å². The maximum atomic E-state index is 14.1. The Morgan fingerprint density at radius 1 is 1.42 bits per heavy atom. The quantitative estimate of drug-likeness (QED) is 0.846. The van der Waals surface area contributed by atoms with E-state index in [-0.39, 0.29) is 29.9 Å². The largest absolute Gasteiger partial charge is 0.405 e. The second kappa shape index (κ2) is 7.11. The van der Waals surface area contributed by atoms with Crippen molar-refractivity contribution in [3.63, 3.8) is 0 Å². The first-order valence-electron chi connectivity index (χ1n) is 8.09. The van der Waals surface area contributed by atoms with Gasteiger partial charge in [-0.25, -0.2) is 4.39 Å². The molecular formula is C19H21FN2O2. The average molecular weight is 328 g/mol. The zero-order valence-electron chi connectivity index (χ0n) is 13.6. The number of halogens is 1. The molecule has 126 valence electrons. The van der Waals surface area contributed by atoms with Crippen molar-refractivity contribution in [2.45, 2.75) is 31.7 Å². The molecule has 0 aromatic heterocycles. The van der Waals surface area contributed by atoms with Gasteiger partial charge in [0.2, 0.25) is 0 Å². The molecule has 1 heterocycles. The van der Waals surface area contributed by atoms with Crippen LogP contribution in [0.15, 0.2) is 36.4 Å². The molecule has 2 aromatic carbocycles. The number of carbonyl (C=O) groups excluding carboxylic acids is 1. The SMILES string of the molecule is Cc1ccc(C2CCNOc3c(F)cccc32)cc1[C@@H](N)CC=O. The molecule has 0 aliphatic carbocycles. The summed E-state index contributed by atoms with van der Waals surface area (Å²) in [5.74, 6) is -0.121. The number of nitrogens with two attached hydrogens (primary N) is 1. The average Bonchev–Trinajstić information content (AvgIpc) is 2.79. The van der Waals surface area contributed by atoms with Gasteiger partial charge in [0.15, 0.2) is 11.6 Å². The highest BCUT2D eigenvalue weighted by Gasteiger charge is 2.24. The Labute approximate surface area is 140 Å². The van der Waals surface area contributed by atoms with Crippen molar-refractivity contribution in [2.75, 3.05) is 6.54 Å². The summed E-state index contributed by atoms with van der Waals surface area (Å²) in [5, 5.41) is 0. The molecule has 1 aliphatic rings. The van der Waals surface area contributed by atoms with E-state index in [9.17, 15) is 9.18 Å². The van der Waals surface area contributed by atoms with Gasteiger partial charge in [-0.05, 0) is 36.1 Å². The topological polar surface area (TPSA) is 64.3 Å². The van der Waals surface area contributed by atoms with Crippen molar-refractivity contribution in [2.24, 2.45) is 5.73 Å². The molecule has 1 unspecified atom stereocenters. The lowest BCUT2D eigenvalue weighted by atomic mass is 9.85. The predicted molar refractivity (Wildman–Crippen MR) is 90.3 cm³/mol. The summed E-state index contributed by atoms with van der Waals surface area (Å²) in [7, 11) is 0. The Kier molecular flexibility index (Phi) is 4.92. The third-order valence-electron chi connectivity index (χ3n) is 4.54. The number of nitrogens with one attached hydrogen (secondary N) is 1. The van der Waals surface area contributed by atoms with Crippen LogP contribution in [0.25, 0.3) is 0 Å². The van der Waals surface area contributed by atoms with Gasteiger partial charge in [0, 0.05) is 30.5 Å². The molecule has 1 aliphatic heterocycles. The van der Waals surface area contributed by atoms with Crippen LogP contribution in [0.5, 0.6) is 5.75 Å². The van der Waals surface area contributed by atoms with Crippen LogP contribution in [0.3, 0.4) is 0 Å². The summed E-state index contributed by atoms with van der Waals surface area (Å²) < 4.78 is 14.1. The number of benzene rings is 2. The number of hydroxylamine groups is 1. The Balaban J connectivity index is 2.05. The first-order valence-corrected chi connectivity index (χ1v) is 8.09. The second-order valence-corrected chi connectivity index (χ2v) is 6.12. The van der Waals surface area contributed by atoms with Gasteiger partial charge < -0.3 is 15.4 Å². The Bertz CT molecular complexity index is 748. The van der Waals surface area contributed by atoms with E-state index >= 15 is 0 Å². The summed E-state index contributed by atoms with van der Waals surface area (Å²) in [4.78, 5) is 16.2. The number of hydrogen-bond donors (Lipinski definition) is 2. The first kappa shape index (κ1) is 16.6. The maximum Gasteiger partial charge on any atom is 0.186 e. The Hall–Kier alpha value is -2.24. The van der Waals surface area contributed by atoms with Crippen molar-refractivity contribution < 1.29 is 14.0 Å². The molecule has 0 saturated carbocycles. The minimum atomic E-state index is -0.378. The molecule has 24 heavy (non-hydrogen) atoms. The van der Waals surface area contributed by atoms with Crippen molar-refractivity contribution in [3.05, 3.63) is 64.5 Å². The smallest absolute Gasteiger partial charge is 0.186 e. The van der Waals surface area contributed by atoms with Crippen LogP contribution in [0, 0.1) is 12.7 Å². The summed E-state index contributed by atoms with van der Waals surface area (Å²) in [6.45, 7) is 2.59. The number of fused-ring (bicyclic) bond motifs is 1. The van der Waals surface area contributed by atoms with Crippen LogP contribution in [0.2, 0.25) is 0 Å². The fourth-order valence-corrected chi connectivity index (χ4v) is 3.24. The van der Waals surface area contributed by atoms with Gasteiger partial charge in [0.05, 0.1) is 0 Å². The molecule has 4 nitrogen and oxygen atoms in total. The van der Waals surface area contributed by atoms with Gasteiger partial charge in [-0.2, -0.15) is 5.48 Å². The summed E-state index contributed by atoms with van der Waals surface area (Å²) in [5.41, 5.74) is 12.8. The fraction of sp³-hybridized carbons (Fsp3) is 0.316. The van der Waals surface area contributed by atoms with E-state index in [0.29, 0.717) is 6.54 Å². The van der Waals surface area contributed by atoms with Crippen LogP contribution in [-0.4, -0.2) is 12.8 Å². The van der Waals surface area contributed by atoms with Crippen LogP contribution in [0.1, 0.15) is 47.1 Å². The van der Waals surface area contributed by atoms with Gasteiger partial charge in [-0.15, -0.1) is 0 Å². The molecule has 3 rings (SSSR count). The molecule has 0 fully saturated rings. The zero-order valence-corrected chi connectivity index (χ0v) is 13.6. The lowest BCUT2D eigenvalue weighted by Gasteiger charge is -2.20. The predicted octanol–water partition coefficient (Wildman–Crippen LogP) is 3.14. The minimum Gasteiger partial charge on any atom is -0.405 e. The molecule has 5 heteroatoms. The molecule has 0 amide bonds. The van der Waals surface area contributed by atoms with Gasteiger partial charge >= 0.3 is 0 Å². The number of aryl methyl sites for hydroxylation is 1. The minimum absolute atomic E-state index is 0.00785. The standard InChI is InChI=1S/C19H21FN2O2/c1-12-5-6-13(11-16(12)18(21)8-10-23)14-7-9-22-24-19-15(14)3-2-4-17(19)20/h2-6,10-11,14,18,22H,7-9,21H2,1H3/t14?,18-/m0/s1. The third-order valence-corrected chi connectivity index (χ3v) is 4.54. The van der Waals surface area contributed by atoms with Crippen molar-refractivity contribution >= 4 is 6.29 Å². The lowest BCUT2D eigenvalue weighted by Crippen LogP contribution is -2.18. The Morgan fingerprint density at radius 2 is 2.25 bits per heavy atom. The van der Waals surface area contributed by atoms with E-state index in [1.165, 1.54) is 6.07 Å². The van der Waals surface area contributed by atoms with E-state index in [2.05, 4.69) is 5.48 Å². The highest BCUT2D eigenvalue weighted by Crippen LogP contribution is 2.38. The van der Waals surface area contributed by atoms with Gasteiger partial charge in [-0.3, -0.25) is 0 Å². The van der Waals surface area contributed by atoms with E-state index in [1.807, 2.05) is 31.2 Å². The van der Waals surface area contributed by atoms with Gasteiger partial charge in [0.25, 0.3) is 0 Å². The van der Waals surface area contributed by atoms with Crippen LogP contribution >= 0.6 is 0 Å². The monoisotopic (exact) mass is 328 g/mol. The molecular weight excluding hydrogens is 307 g/mol. The van der Waals surface area contributed by atoms with Crippen molar-refractivity contribution in [1.29, 1.82) is 0 Å². The van der Waals surface area contributed by atoms with Crippen molar-refractivity contribution in [3.8, 4) is 5.75 Å². The molecule has 2 atom stereocenters. The normalized spacial score (nSPS) is 18.2. The summed E-state index contributed by atoms with van der Waals surface area (Å²) >= 11 is 0. The molecule has 0 bridgehead atoms. The second-order valence-electron chi connectivity index (χ2n) is 6.12. The summed E-state index contributed by atoms with van der Waals surface area (Å²) in [6, 6.07) is 10.7. The van der Waals surface area contributed by atoms with Gasteiger partial charge in [-0.1, -0.05) is 30.3 Å². The Morgan fingerprint density at radius 3 is 3.04 bits per heavy atom. The van der Waals surface area contributed by atoms with Gasteiger partial charge in [0.1, 0.15) is 6.29 Å². The molecule has 2 aromatic rings. The first-order chi connectivity index (χ1) is 11.6. The van der Waals surface area contributed by atoms with Crippen molar-refractivity contribution in [1.82, 2.24) is 5.48 Å². The molecule has 3 N–H and O–H groups in total. The van der Waals surface area contributed by atoms with E-state index in [0.717, 1.165) is 35.0 Å². The van der Waals surface area contributed by atoms with Crippen LogP contribution in [0.4, 0.5) is 4.39 Å². The summed E-state index contributed by atoms with van der Waals surface area (Å²) in [6.07, 6.45) is 1.90. The van der Waals surface area contributed by atoms with E-state index < -0.39 is 0 Å². The highest BCUT2D eigenvalue weighted by molar-refractivity contribution is 5.52. The van der Waals surface area contributed by atoms with E-state index in [4.69, 9.17) is 10.6 Å². The molecule has 0 radical (unpaired) electrons. The third kappa shape index (κ3) is 3.18. The number of carbonyl (C=O) groups is 1. The molecule has 0 spiro atoms. The van der Waals surface area contributed by atoms with Crippen LogP contribution < -0.4 is 16.1 Å².